The average Bonchev–Trinajstić information content (AvgIpc) is 2.67. The molecule has 2 aliphatic rings. The predicted octanol–water partition coefficient (Wildman–Crippen LogP) is 3.80. The van der Waals surface area contributed by atoms with Crippen LogP contribution in [-0.4, -0.2) is 35.6 Å². The smallest absolute Gasteiger partial charge is 0.223 e. The van der Waals surface area contributed by atoms with Crippen LogP contribution < -0.4 is 0 Å². The van der Waals surface area contributed by atoms with E-state index in [2.05, 4.69) is 36.4 Å². The summed E-state index contributed by atoms with van der Waals surface area (Å²) in [6, 6.07) is 10.4. The number of aliphatic hydroxyl groups is 1. The minimum absolute atomic E-state index is 0.0343. The fourth-order valence-electron chi connectivity index (χ4n) is 3.68. The van der Waals surface area contributed by atoms with Gasteiger partial charge in [0.05, 0.1) is 6.61 Å². The fraction of sp³-hybridized carbons (Fsp3) is 0.476. The molecule has 24 heavy (non-hydrogen) atoms. The van der Waals surface area contributed by atoms with Crippen LogP contribution in [0.25, 0.3) is 5.57 Å². The van der Waals surface area contributed by atoms with Gasteiger partial charge >= 0.3 is 0 Å². The molecule has 1 amide bonds. The number of amides is 1. The number of allylic oxidation sites excluding steroid dienone is 3. The van der Waals surface area contributed by atoms with Gasteiger partial charge in [-0.2, -0.15) is 0 Å². The molecule has 1 saturated heterocycles. The Morgan fingerprint density at radius 2 is 1.79 bits per heavy atom. The van der Waals surface area contributed by atoms with E-state index in [4.69, 9.17) is 0 Å². The van der Waals surface area contributed by atoms with E-state index < -0.39 is 0 Å². The van der Waals surface area contributed by atoms with E-state index in [-0.39, 0.29) is 18.4 Å². The van der Waals surface area contributed by atoms with Gasteiger partial charge in [0.25, 0.3) is 0 Å². The molecule has 3 heteroatoms. The van der Waals surface area contributed by atoms with Crippen molar-refractivity contribution in [2.24, 2.45) is 5.92 Å². The van der Waals surface area contributed by atoms with E-state index in [0.29, 0.717) is 6.42 Å². The maximum atomic E-state index is 12.5. The molecular weight excluding hydrogens is 298 g/mol. The van der Waals surface area contributed by atoms with Crippen molar-refractivity contribution in [2.75, 3.05) is 19.7 Å². The van der Waals surface area contributed by atoms with Gasteiger partial charge < -0.3 is 10.0 Å². The van der Waals surface area contributed by atoms with Gasteiger partial charge in [0.2, 0.25) is 5.91 Å². The third-order valence-electron chi connectivity index (χ3n) is 5.20. The van der Waals surface area contributed by atoms with Crippen molar-refractivity contribution in [3.05, 3.63) is 53.6 Å². The molecule has 0 aromatic heterocycles. The summed E-state index contributed by atoms with van der Waals surface area (Å²) in [6.45, 7) is 1.82. The van der Waals surface area contributed by atoms with Crippen molar-refractivity contribution >= 4 is 11.5 Å². The molecule has 1 N–H and O–H groups in total. The Morgan fingerprint density at radius 1 is 1.04 bits per heavy atom. The molecule has 1 heterocycles. The Morgan fingerprint density at radius 3 is 2.42 bits per heavy atom. The molecular formula is C21H27NO2. The lowest BCUT2D eigenvalue weighted by molar-refractivity contribution is -0.133. The third kappa shape index (κ3) is 4.15. The van der Waals surface area contributed by atoms with Gasteiger partial charge in [-0.25, -0.2) is 0 Å². The van der Waals surface area contributed by atoms with E-state index in [1.807, 2.05) is 11.0 Å². The Labute approximate surface area is 144 Å². The van der Waals surface area contributed by atoms with Crippen molar-refractivity contribution in [3.63, 3.8) is 0 Å². The SMILES string of the molecule is O=C(CC(CO)C1=CC=C(c2ccccc2)CC1)N1CCCCC1. The zero-order valence-corrected chi connectivity index (χ0v) is 14.3. The molecule has 1 aromatic carbocycles. The summed E-state index contributed by atoms with van der Waals surface area (Å²) in [6.07, 6.45) is 10.1. The van der Waals surface area contributed by atoms with Crippen molar-refractivity contribution in [2.45, 2.75) is 38.5 Å². The number of aliphatic hydroxyl groups excluding tert-OH is 1. The Balaban J connectivity index is 1.64. The summed E-state index contributed by atoms with van der Waals surface area (Å²) in [5, 5.41) is 9.78. The Kier molecular flexibility index (Phi) is 5.86. The molecule has 0 saturated carbocycles. The number of piperidine rings is 1. The van der Waals surface area contributed by atoms with E-state index in [1.54, 1.807) is 0 Å². The number of carbonyl (C=O) groups excluding carboxylic acids is 1. The van der Waals surface area contributed by atoms with Gasteiger partial charge in [0, 0.05) is 25.4 Å². The highest BCUT2D eigenvalue weighted by Gasteiger charge is 2.23. The van der Waals surface area contributed by atoms with Crippen LogP contribution in [0, 0.1) is 5.92 Å². The first kappa shape index (κ1) is 17.0. The lowest BCUT2D eigenvalue weighted by Crippen LogP contribution is -2.37. The third-order valence-corrected chi connectivity index (χ3v) is 5.20. The quantitative estimate of drug-likeness (QED) is 0.894. The summed E-state index contributed by atoms with van der Waals surface area (Å²) < 4.78 is 0. The predicted molar refractivity (Wildman–Crippen MR) is 97.4 cm³/mol. The van der Waals surface area contributed by atoms with Crippen molar-refractivity contribution < 1.29 is 9.90 Å². The maximum absolute atomic E-state index is 12.5. The molecule has 0 bridgehead atoms. The summed E-state index contributed by atoms with van der Waals surface area (Å²) >= 11 is 0. The lowest BCUT2D eigenvalue weighted by atomic mass is 9.85. The van der Waals surface area contributed by atoms with Crippen LogP contribution in [-0.2, 0) is 4.79 Å². The molecule has 1 aromatic rings. The van der Waals surface area contributed by atoms with Crippen LogP contribution in [0.2, 0.25) is 0 Å². The van der Waals surface area contributed by atoms with E-state index in [0.717, 1.165) is 38.8 Å². The highest BCUT2D eigenvalue weighted by Crippen LogP contribution is 2.31. The Bertz CT molecular complexity index is 612. The molecule has 1 fully saturated rings. The number of benzene rings is 1. The molecule has 1 atom stereocenters. The number of hydrogen-bond donors (Lipinski definition) is 1. The van der Waals surface area contributed by atoms with E-state index in [1.165, 1.54) is 23.1 Å². The highest BCUT2D eigenvalue weighted by atomic mass is 16.3. The standard InChI is InChI=1S/C21H27NO2/c23-16-20(15-21(24)22-13-5-2-6-14-22)19-11-9-18(10-12-19)17-7-3-1-4-8-17/h1,3-4,7-9,11,20,23H,2,5-6,10,12-16H2. The van der Waals surface area contributed by atoms with Gasteiger partial charge in [-0.1, -0.05) is 48.1 Å². The number of rotatable bonds is 5. The Hall–Kier alpha value is -1.87. The molecule has 3 nitrogen and oxygen atoms in total. The summed E-state index contributed by atoms with van der Waals surface area (Å²) in [5.74, 6) is 0.167. The average molecular weight is 325 g/mol. The van der Waals surface area contributed by atoms with Crippen LogP contribution in [0.4, 0.5) is 0 Å². The number of carbonyl (C=O) groups is 1. The molecule has 128 valence electrons. The zero-order chi connectivity index (χ0) is 16.8. The topological polar surface area (TPSA) is 40.5 Å². The molecule has 0 spiro atoms. The van der Waals surface area contributed by atoms with Crippen molar-refractivity contribution in [3.8, 4) is 0 Å². The normalized spacial score (nSPS) is 19.5. The highest BCUT2D eigenvalue weighted by molar-refractivity contribution is 5.77. The van der Waals surface area contributed by atoms with E-state index >= 15 is 0 Å². The number of likely N-dealkylation sites (tertiary alicyclic amines) is 1. The number of nitrogens with zero attached hydrogens (tertiary/aromatic N) is 1. The van der Waals surface area contributed by atoms with Gasteiger partial charge in [-0.3, -0.25) is 4.79 Å². The van der Waals surface area contributed by atoms with Crippen LogP contribution >= 0.6 is 0 Å². The van der Waals surface area contributed by atoms with Gasteiger partial charge in [0.1, 0.15) is 0 Å². The van der Waals surface area contributed by atoms with Crippen LogP contribution in [0.5, 0.6) is 0 Å². The summed E-state index contributed by atoms with van der Waals surface area (Å²) in [5.41, 5.74) is 3.80. The second-order valence-electron chi connectivity index (χ2n) is 6.82. The fourth-order valence-corrected chi connectivity index (χ4v) is 3.68. The van der Waals surface area contributed by atoms with Crippen LogP contribution in [0.3, 0.4) is 0 Å². The van der Waals surface area contributed by atoms with Crippen molar-refractivity contribution in [1.82, 2.24) is 4.90 Å². The first-order valence-corrected chi connectivity index (χ1v) is 9.11. The maximum Gasteiger partial charge on any atom is 0.223 e. The largest absolute Gasteiger partial charge is 0.396 e. The first-order valence-electron chi connectivity index (χ1n) is 9.11. The zero-order valence-electron chi connectivity index (χ0n) is 14.3. The molecule has 1 unspecified atom stereocenters. The molecule has 1 aliphatic carbocycles. The van der Waals surface area contributed by atoms with Crippen LogP contribution in [0.1, 0.15) is 44.1 Å². The minimum atomic E-state index is -0.0343. The second-order valence-corrected chi connectivity index (χ2v) is 6.82. The second kappa shape index (κ2) is 8.29. The van der Waals surface area contributed by atoms with Gasteiger partial charge in [0.15, 0.2) is 0 Å². The van der Waals surface area contributed by atoms with Crippen LogP contribution in [0.15, 0.2) is 48.1 Å². The molecule has 1 aliphatic heterocycles. The minimum Gasteiger partial charge on any atom is -0.396 e. The van der Waals surface area contributed by atoms with Gasteiger partial charge in [-0.15, -0.1) is 0 Å². The summed E-state index contributed by atoms with van der Waals surface area (Å²) in [4.78, 5) is 14.4. The molecule has 3 rings (SSSR count). The lowest BCUT2D eigenvalue weighted by Gasteiger charge is -2.29. The van der Waals surface area contributed by atoms with E-state index in [9.17, 15) is 9.90 Å². The van der Waals surface area contributed by atoms with Crippen molar-refractivity contribution in [1.29, 1.82) is 0 Å². The monoisotopic (exact) mass is 325 g/mol. The van der Waals surface area contributed by atoms with Gasteiger partial charge in [-0.05, 0) is 43.2 Å². The first-order chi connectivity index (χ1) is 11.8. The number of hydrogen-bond acceptors (Lipinski definition) is 2. The molecule has 0 radical (unpaired) electrons. The summed E-state index contributed by atoms with van der Waals surface area (Å²) in [7, 11) is 0.